The Balaban J connectivity index is 1.64. The first-order chi connectivity index (χ1) is 17.1. The van der Waals surface area contributed by atoms with Crippen LogP contribution in [0, 0.1) is 0 Å². The molecule has 0 spiro atoms. The highest BCUT2D eigenvalue weighted by Crippen LogP contribution is 2.37. The minimum atomic E-state index is -4.74. The van der Waals surface area contributed by atoms with Crippen molar-refractivity contribution in [3.63, 3.8) is 0 Å². The number of anilines is 3. The van der Waals surface area contributed by atoms with Crippen molar-refractivity contribution in [3.05, 3.63) is 83.4 Å². The maximum Gasteiger partial charge on any atom is 0.416 e. The van der Waals surface area contributed by atoms with Crippen LogP contribution in [0.3, 0.4) is 0 Å². The van der Waals surface area contributed by atoms with E-state index in [-0.39, 0.29) is 9.92 Å². The third-order valence-electron chi connectivity index (χ3n) is 5.78. The standard InChI is InChI=1S/C25H23ClF3N3O3S/c26-22-13-8-18(25(27,28)29)16-23(22)32(36(34,35)21-6-2-1-3-7-21)17-24(33)30-19-9-11-20(12-10-19)31-14-4-5-15-31/h1-3,6-13,16H,4-5,14-15,17H2,(H,30,33). The second kappa shape index (κ2) is 10.4. The number of benzene rings is 3. The number of alkyl halides is 3. The molecule has 0 saturated carbocycles. The van der Waals surface area contributed by atoms with E-state index >= 15 is 0 Å². The molecule has 4 rings (SSSR count). The SMILES string of the molecule is O=C(CN(c1cc(C(F)(F)F)ccc1Cl)S(=O)(=O)c1ccccc1)Nc1ccc(N2CCCC2)cc1. The monoisotopic (exact) mass is 537 g/mol. The van der Waals surface area contributed by atoms with Crippen LogP contribution in [0.2, 0.25) is 5.02 Å². The zero-order valence-corrected chi connectivity index (χ0v) is 20.6. The predicted octanol–water partition coefficient (Wildman–Crippen LogP) is 5.79. The molecule has 0 radical (unpaired) electrons. The molecule has 1 aliphatic rings. The molecule has 3 aromatic carbocycles. The molecule has 3 aromatic rings. The van der Waals surface area contributed by atoms with E-state index in [2.05, 4.69) is 10.2 Å². The van der Waals surface area contributed by atoms with Gasteiger partial charge in [-0.2, -0.15) is 13.2 Å². The Morgan fingerprint density at radius 1 is 0.972 bits per heavy atom. The number of halogens is 4. The first-order valence-electron chi connectivity index (χ1n) is 11.1. The number of hydrogen-bond donors (Lipinski definition) is 1. The van der Waals surface area contributed by atoms with Crippen molar-refractivity contribution in [2.24, 2.45) is 0 Å². The smallest absolute Gasteiger partial charge is 0.372 e. The Kier molecular flexibility index (Phi) is 7.46. The number of sulfonamides is 1. The summed E-state index contributed by atoms with van der Waals surface area (Å²) in [5, 5.41) is 2.37. The van der Waals surface area contributed by atoms with E-state index < -0.39 is 39.9 Å². The summed E-state index contributed by atoms with van der Waals surface area (Å²) in [4.78, 5) is 14.9. The van der Waals surface area contributed by atoms with Crippen molar-refractivity contribution >= 4 is 44.6 Å². The van der Waals surface area contributed by atoms with Crippen LogP contribution in [-0.2, 0) is 21.0 Å². The summed E-state index contributed by atoms with van der Waals surface area (Å²) in [5.41, 5.74) is -0.104. The number of rotatable bonds is 7. The highest BCUT2D eigenvalue weighted by molar-refractivity contribution is 7.92. The third kappa shape index (κ3) is 5.76. The van der Waals surface area contributed by atoms with Crippen LogP contribution in [0.5, 0.6) is 0 Å². The molecule has 1 amide bonds. The number of hydrogen-bond acceptors (Lipinski definition) is 4. The largest absolute Gasteiger partial charge is 0.416 e. The molecule has 1 N–H and O–H groups in total. The Bertz CT molecular complexity index is 1330. The Morgan fingerprint density at radius 2 is 1.61 bits per heavy atom. The van der Waals surface area contributed by atoms with Gasteiger partial charge in [0.05, 0.1) is 21.2 Å². The molecule has 0 atom stereocenters. The quantitative estimate of drug-likeness (QED) is 0.414. The van der Waals surface area contributed by atoms with Crippen molar-refractivity contribution in [1.29, 1.82) is 0 Å². The van der Waals surface area contributed by atoms with E-state index in [0.717, 1.165) is 43.8 Å². The summed E-state index contributed by atoms with van der Waals surface area (Å²) < 4.78 is 67.6. The van der Waals surface area contributed by atoms with Gasteiger partial charge in [0.1, 0.15) is 6.54 Å². The van der Waals surface area contributed by atoms with Gasteiger partial charge in [-0.3, -0.25) is 9.10 Å². The van der Waals surface area contributed by atoms with Gasteiger partial charge in [-0.25, -0.2) is 8.42 Å². The second-order valence-corrected chi connectivity index (χ2v) is 10.5. The minimum Gasteiger partial charge on any atom is -0.372 e. The molecule has 1 heterocycles. The van der Waals surface area contributed by atoms with E-state index in [1.807, 2.05) is 12.1 Å². The lowest BCUT2D eigenvalue weighted by molar-refractivity contribution is -0.137. The third-order valence-corrected chi connectivity index (χ3v) is 7.88. The Hall–Kier alpha value is -3.24. The topological polar surface area (TPSA) is 69.7 Å². The molecular weight excluding hydrogens is 515 g/mol. The van der Waals surface area contributed by atoms with Crippen molar-refractivity contribution in [1.82, 2.24) is 0 Å². The fourth-order valence-electron chi connectivity index (χ4n) is 3.96. The normalized spacial score (nSPS) is 14.1. The Labute approximate surface area is 212 Å². The molecule has 11 heteroatoms. The van der Waals surface area contributed by atoms with Gasteiger partial charge in [0.15, 0.2) is 0 Å². The first kappa shape index (κ1) is 25.8. The van der Waals surface area contributed by atoms with E-state index in [1.54, 1.807) is 18.2 Å². The van der Waals surface area contributed by atoms with E-state index in [1.165, 1.54) is 24.3 Å². The summed E-state index contributed by atoms with van der Waals surface area (Å²) in [6.45, 7) is 1.12. The van der Waals surface area contributed by atoms with Gasteiger partial charge in [0.2, 0.25) is 5.91 Å². The van der Waals surface area contributed by atoms with Crippen LogP contribution in [0.4, 0.5) is 30.2 Å². The van der Waals surface area contributed by atoms with Crippen molar-refractivity contribution in [2.75, 3.05) is 34.2 Å². The lowest BCUT2D eigenvalue weighted by atomic mass is 10.2. The molecule has 0 aliphatic carbocycles. The lowest BCUT2D eigenvalue weighted by Gasteiger charge is -2.26. The van der Waals surface area contributed by atoms with Gasteiger partial charge in [-0.15, -0.1) is 0 Å². The fraction of sp³-hybridized carbons (Fsp3) is 0.240. The molecular formula is C25H23ClF3N3O3S. The summed E-state index contributed by atoms with van der Waals surface area (Å²) in [6, 6.07) is 16.5. The molecule has 0 bridgehead atoms. The Morgan fingerprint density at radius 3 is 2.22 bits per heavy atom. The lowest BCUT2D eigenvalue weighted by Crippen LogP contribution is -2.38. The van der Waals surface area contributed by atoms with Crippen LogP contribution in [0.1, 0.15) is 18.4 Å². The first-order valence-corrected chi connectivity index (χ1v) is 13.0. The van der Waals surface area contributed by atoms with Gasteiger partial charge < -0.3 is 10.2 Å². The summed E-state index contributed by atoms with van der Waals surface area (Å²) in [7, 11) is -4.43. The molecule has 6 nitrogen and oxygen atoms in total. The number of nitrogens with zero attached hydrogens (tertiary/aromatic N) is 2. The zero-order chi connectivity index (χ0) is 25.9. The number of carbonyl (C=O) groups is 1. The summed E-state index contributed by atoms with van der Waals surface area (Å²) in [6.07, 6.45) is -2.51. The average molecular weight is 538 g/mol. The molecule has 36 heavy (non-hydrogen) atoms. The average Bonchev–Trinajstić information content (AvgIpc) is 3.38. The van der Waals surface area contributed by atoms with Gasteiger partial charge in [0.25, 0.3) is 10.0 Å². The molecule has 1 fully saturated rings. The number of carbonyl (C=O) groups excluding carboxylic acids is 1. The fourth-order valence-corrected chi connectivity index (χ4v) is 5.68. The van der Waals surface area contributed by atoms with Crippen molar-refractivity contribution in [3.8, 4) is 0 Å². The van der Waals surface area contributed by atoms with Gasteiger partial charge in [0, 0.05) is 24.5 Å². The highest BCUT2D eigenvalue weighted by atomic mass is 35.5. The van der Waals surface area contributed by atoms with Crippen LogP contribution >= 0.6 is 11.6 Å². The molecule has 0 aromatic heterocycles. The molecule has 1 saturated heterocycles. The van der Waals surface area contributed by atoms with Crippen molar-refractivity contribution in [2.45, 2.75) is 23.9 Å². The number of amides is 1. The molecule has 190 valence electrons. The van der Waals surface area contributed by atoms with Gasteiger partial charge in [-0.05, 0) is 67.4 Å². The van der Waals surface area contributed by atoms with E-state index in [0.29, 0.717) is 16.1 Å². The van der Waals surface area contributed by atoms with Crippen LogP contribution in [-0.4, -0.2) is 34.0 Å². The molecule has 1 aliphatic heterocycles. The maximum atomic E-state index is 13.4. The van der Waals surface area contributed by atoms with Crippen LogP contribution in [0.25, 0.3) is 0 Å². The van der Waals surface area contributed by atoms with Crippen LogP contribution < -0.4 is 14.5 Å². The maximum absolute atomic E-state index is 13.4. The van der Waals surface area contributed by atoms with Crippen LogP contribution in [0.15, 0.2) is 77.7 Å². The summed E-state index contributed by atoms with van der Waals surface area (Å²) in [5.74, 6) is -0.739. The van der Waals surface area contributed by atoms with E-state index in [9.17, 15) is 26.4 Å². The molecule has 0 unspecified atom stereocenters. The van der Waals surface area contributed by atoms with E-state index in [4.69, 9.17) is 11.6 Å². The predicted molar refractivity (Wildman–Crippen MR) is 134 cm³/mol. The zero-order valence-electron chi connectivity index (χ0n) is 19.0. The van der Waals surface area contributed by atoms with Gasteiger partial charge >= 0.3 is 6.18 Å². The van der Waals surface area contributed by atoms with Crippen molar-refractivity contribution < 1.29 is 26.4 Å². The second-order valence-electron chi connectivity index (χ2n) is 8.28. The minimum absolute atomic E-state index is 0.193. The number of nitrogens with one attached hydrogen (secondary N) is 1. The summed E-state index contributed by atoms with van der Waals surface area (Å²) >= 11 is 6.15. The highest BCUT2D eigenvalue weighted by Gasteiger charge is 2.34. The van der Waals surface area contributed by atoms with Gasteiger partial charge in [-0.1, -0.05) is 29.8 Å².